The van der Waals surface area contributed by atoms with Gasteiger partial charge in [0.15, 0.2) is 5.11 Å². The Morgan fingerprint density at radius 2 is 1.80 bits per heavy atom. The van der Waals surface area contributed by atoms with Crippen LogP contribution in [-0.4, -0.2) is 36.4 Å². The molecule has 40 heavy (non-hydrogen) atoms. The molecule has 1 saturated heterocycles. The highest BCUT2D eigenvalue weighted by Gasteiger charge is 2.43. The minimum Gasteiger partial charge on any atom is -0.495 e. The maximum absolute atomic E-state index is 12.1. The zero-order chi connectivity index (χ0) is 28.8. The Morgan fingerprint density at radius 1 is 1.02 bits per heavy atom. The molecule has 1 aliphatic heterocycles. The van der Waals surface area contributed by atoms with Gasteiger partial charge in [0.2, 0.25) is 10.0 Å². The number of thiocarbonyl (C=S) groups is 1. The predicted octanol–water partition coefficient (Wildman–Crippen LogP) is 6.01. The van der Waals surface area contributed by atoms with Crippen molar-refractivity contribution < 1.29 is 13.2 Å². The standard InChI is InChI=1S/C29H30ClN5O3S2/c1-17-18(2)34(21-10-8-9-20(30)15-21)19(3)26(17)28-27(23-11-6-7-14-31-23)32-29(39)35(28)22-12-13-25(38-4)24(16-22)33-40(5,36)37/h6-16,27-28,33H,1-5H3,(H,32,39)/t27-,28-/m0/s1. The zero-order valence-electron chi connectivity index (χ0n) is 22.8. The fraction of sp³-hybridized carbons (Fsp3) is 0.241. The monoisotopic (exact) mass is 595 g/mol. The lowest BCUT2D eigenvalue weighted by atomic mass is 9.93. The van der Waals surface area contributed by atoms with Gasteiger partial charge in [0.05, 0.1) is 36.8 Å². The Morgan fingerprint density at radius 3 is 2.45 bits per heavy atom. The van der Waals surface area contributed by atoms with Gasteiger partial charge >= 0.3 is 0 Å². The molecule has 2 aromatic carbocycles. The molecule has 8 nitrogen and oxygen atoms in total. The molecule has 2 N–H and O–H groups in total. The molecule has 0 amide bonds. The molecule has 0 aliphatic carbocycles. The topological polar surface area (TPSA) is 88.5 Å². The molecule has 0 saturated carbocycles. The van der Waals surface area contributed by atoms with E-state index in [1.807, 2.05) is 53.4 Å². The smallest absolute Gasteiger partial charge is 0.229 e. The van der Waals surface area contributed by atoms with Crippen LogP contribution in [0.1, 0.15) is 40.3 Å². The first-order valence-corrected chi connectivity index (χ1v) is 15.3. The normalized spacial score (nSPS) is 17.1. The number of sulfonamides is 1. The highest BCUT2D eigenvalue weighted by atomic mass is 35.5. The van der Waals surface area contributed by atoms with E-state index in [1.54, 1.807) is 18.3 Å². The lowest BCUT2D eigenvalue weighted by Gasteiger charge is -2.29. The molecule has 0 unspecified atom stereocenters. The third-order valence-corrected chi connectivity index (χ3v) is 8.36. The van der Waals surface area contributed by atoms with Crippen LogP contribution < -0.4 is 19.7 Å². The number of methoxy groups -OCH3 is 1. The van der Waals surface area contributed by atoms with Gasteiger partial charge in [0, 0.05) is 39.5 Å². The molecule has 1 fully saturated rings. The molecule has 0 radical (unpaired) electrons. The van der Waals surface area contributed by atoms with E-state index in [4.69, 9.17) is 28.6 Å². The van der Waals surface area contributed by atoms with Crippen LogP contribution in [0.2, 0.25) is 5.02 Å². The summed E-state index contributed by atoms with van der Waals surface area (Å²) in [6.07, 6.45) is 2.87. The van der Waals surface area contributed by atoms with Gasteiger partial charge in [0.25, 0.3) is 0 Å². The molecule has 3 heterocycles. The lowest BCUT2D eigenvalue weighted by Crippen LogP contribution is -2.30. The van der Waals surface area contributed by atoms with Crippen LogP contribution in [-0.2, 0) is 10.0 Å². The van der Waals surface area contributed by atoms with E-state index in [2.05, 4.69) is 40.4 Å². The van der Waals surface area contributed by atoms with E-state index in [9.17, 15) is 8.42 Å². The molecular formula is C29H30ClN5O3S2. The Hall–Kier alpha value is -3.60. The van der Waals surface area contributed by atoms with E-state index in [0.29, 0.717) is 27.3 Å². The summed E-state index contributed by atoms with van der Waals surface area (Å²) in [7, 11) is -2.06. The van der Waals surface area contributed by atoms with E-state index < -0.39 is 10.0 Å². The van der Waals surface area contributed by atoms with E-state index >= 15 is 0 Å². The molecule has 4 aromatic rings. The molecule has 1 aliphatic rings. The molecule has 0 bridgehead atoms. The van der Waals surface area contributed by atoms with Crippen molar-refractivity contribution in [3.63, 3.8) is 0 Å². The molecule has 208 valence electrons. The number of benzene rings is 2. The minimum absolute atomic E-state index is 0.269. The average Bonchev–Trinajstić information content (AvgIpc) is 3.35. The first-order chi connectivity index (χ1) is 19.0. The number of anilines is 2. The summed E-state index contributed by atoms with van der Waals surface area (Å²) in [5.41, 5.74) is 7.18. The van der Waals surface area contributed by atoms with Crippen LogP contribution in [0.15, 0.2) is 66.9 Å². The summed E-state index contributed by atoms with van der Waals surface area (Å²) in [5.74, 6) is 0.403. The maximum atomic E-state index is 12.1. The fourth-order valence-electron chi connectivity index (χ4n) is 5.50. The SMILES string of the molecule is COc1ccc(N2C(=S)N[C@@H](c3ccccn3)[C@@H]2c2c(C)c(C)n(-c3cccc(Cl)c3)c2C)cc1NS(C)(=O)=O. The fourth-order valence-corrected chi connectivity index (χ4v) is 6.59. The Labute approximate surface area is 245 Å². The van der Waals surface area contributed by atoms with Crippen LogP contribution in [0, 0.1) is 20.8 Å². The van der Waals surface area contributed by atoms with Gasteiger partial charge < -0.3 is 19.5 Å². The Kier molecular flexibility index (Phi) is 7.52. The van der Waals surface area contributed by atoms with Crippen LogP contribution in [0.25, 0.3) is 5.69 Å². The summed E-state index contributed by atoms with van der Waals surface area (Å²) in [6, 6.07) is 18.4. The van der Waals surface area contributed by atoms with Crippen LogP contribution >= 0.6 is 23.8 Å². The second kappa shape index (κ2) is 10.8. The molecule has 5 rings (SSSR count). The predicted molar refractivity (Wildman–Crippen MR) is 164 cm³/mol. The largest absolute Gasteiger partial charge is 0.495 e. The first-order valence-electron chi connectivity index (χ1n) is 12.6. The summed E-state index contributed by atoms with van der Waals surface area (Å²) in [5, 5.41) is 4.65. The molecule has 11 heteroatoms. The molecule has 0 spiro atoms. The second-order valence-corrected chi connectivity index (χ2v) is 12.4. The molecule has 2 atom stereocenters. The number of rotatable bonds is 7. The van der Waals surface area contributed by atoms with Crippen molar-refractivity contribution in [3.05, 3.63) is 100 Å². The number of hydrogen-bond donors (Lipinski definition) is 2. The first kappa shape index (κ1) is 27.9. The number of halogens is 1. The van der Waals surface area contributed by atoms with Gasteiger partial charge in [-0.05, 0) is 87.1 Å². The third kappa shape index (κ3) is 5.14. The van der Waals surface area contributed by atoms with Crippen molar-refractivity contribution in [2.24, 2.45) is 0 Å². The molecular weight excluding hydrogens is 566 g/mol. The van der Waals surface area contributed by atoms with Crippen LogP contribution in [0.3, 0.4) is 0 Å². The van der Waals surface area contributed by atoms with Crippen molar-refractivity contribution in [2.75, 3.05) is 23.0 Å². The van der Waals surface area contributed by atoms with Crippen LogP contribution in [0.5, 0.6) is 5.75 Å². The highest BCUT2D eigenvalue weighted by Crippen LogP contribution is 2.46. The number of pyridine rings is 1. The quantitative estimate of drug-likeness (QED) is 0.253. The van der Waals surface area contributed by atoms with Crippen molar-refractivity contribution in [3.8, 4) is 11.4 Å². The summed E-state index contributed by atoms with van der Waals surface area (Å²) < 4.78 is 34.5. The molecule has 2 aromatic heterocycles. The van der Waals surface area contributed by atoms with Gasteiger partial charge in [-0.25, -0.2) is 8.42 Å². The second-order valence-electron chi connectivity index (χ2n) is 9.78. The number of hydrogen-bond acceptors (Lipinski definition) is 5. The van der Waals surface area contributed by atoms with Gasteiger partial charge in [0.1, 0.15) is 5.75 Å². The Balaban J connectivity index is 1.73. The number of ether oxygens (including phenoxy) is 1. The van der Waals surface area contributed by atoms with Gasteiger partial charge in [-0.15, -0.1) is 0 Å². The van der Waals surface area contributed by atoms with Crippen molar-refractivity contribution in [1.82, 2.24) is 14.9 Å². The van der Waals surface area contributed by atoms with E-state index in [0.717, 1.165) is 40.2 Å². The number of aromatic nitrogens is 2. The van der Waals surface area contributed by atoms with Gasteiger partial charge in [-0.3, -0.25) is 9.71 Å². The summed E-state index contributed by atoms with van der Waals surface area (Å²) >= 11 is 12.3. The summed E-state index contributed by atoms with van der Waals surface area (Å²) in [6.45, 7) is 6.30. The van der Waals surface area contributed by atoms with Crippen molar-refractivity contribution in [1.29, 1.82) is 0 Å². The zero-order valence-corrected chi connectivity index (χ0v) is 25.2. The number of nitrogens with one attached hydrogen (secondary N) is 2. The van der Waals surface area contributed by atoms with E-state index in [-0.39, 0.29) is 12.1 Å². The Bertz CT molecular complexity index is 1710. The van der Waals surface area contributed by atoms with Gasteiger partial charge in [-0.2, -0.15) is 0 Å². The maximum Gasteiger partial charge on any atom is 0.229 e. The van der Waals surface area contributed by atoms with Crippen molar-refractivity contribution >= 4 is 50.3 Å². The van der Waals surface area contributed by atoms with Gasteiger partial charge in [-0.1, -0.05) is 23.7 Å². The van der Waals surface area contributed by atoms with E-state index in [1.165, 1.54) is 7.11 Å². The van der Waals surface area contributed by atoms with Crippen molar-refractivity contribution in [2.45, 2.75) is 32.9 Å². The number of nitrogens with zero attached hydrogens (tertiary/aromatic N) is 3. The average molecular weight is 596 g/mol. The third-order valence-electron chi connectivity index (χ3n) is 7.22. The lowest BCUT2D eigenvalue weighted by molar-refractivity contribution is 0.417. The van der Waals surface area contributed by atoms with Crippen LogP contribution in [0.4, 0.5) is 11.4 Å². The minimum atomic E-state index is -3.55. The summed E-state index contributed by atoms with van der Waals surface area (Å²) in [4.78, 5) is 6.69. The highest BCUT2D eigenvalue weighted by molar-refractivity contribution is 7.92.